The van der Waals surface area contributed by atoms with Crippen LogP contribution >= 0.6 is 0 Å². The number of benzene rings is 2. The molecule has 0 amide bonds. The van der Waals surface area contributed by atoms with Gasteiger partial charge in [0.05, 0.1) is 13.1 Å². The Morgan fingerprint density at radius 3 is 2.10 bits per heavy atom. The fourth-order valence-electron chi connectivity index (χ4n) is 3.20. The van der Waals surface area contributed by atoms with E-state index in [2.05, 4.69) is 11.4 Å². The summed E-state index contributed by atoms with van der Waals surface area (Å²) in [5.41, 5.74) is 1.93. The molecular formula is C24H28N2O4. The van der Waals surface area contributed by atoms with Crippen LogP contribution in [0.3, 0.4) is 0 Å². The van der Waals surface area contributed by atoms with Crippen molar-refractivity contribution in [1.29, 1.82) is 0 Å². The van der Waals surface area contributed by atoms with Crippen LogP contribution in [-0.2, 0) is 32.3 Å². The maximum atomic E-state index is 12.2. The van der Waals surface area contributed by atoms with Gasteiger partial charge >= 0.3 is 11.9 Å². The number of nitrogens with zero attached hydrogens (tertiary/aromatic N) is 1. The van der Waals surface area contributed by atoms with E-state index in [-0.39, 0.29) is 44.3 Å². The molecule has 1 atom stereocenters. The van der Waals surface area contributed by atoms with Crippen LogP contribution in [0.15, 0.2) is 72.8 Å². The Balaban J connectivity index is 1.38. The number of ether oxygens (including phenoxy) is 2. The Hall–Kier alpha value is -2.96. The van der Waals surface area contributed by atoms with Gasteiger partial charge in [-0.15, -0.1) is 0 Å². The molecule has 1 N–H and O–H groups in total. The van der Waals surface area contributed by atoms with E-state index in [1.807, 2.05) is 71.6 Å². The Bertz CT molecular complexity index is 824. The first-order chi connectivity index (χ1) is 14.7. The Morgan fingerprint density at radius 2 is 1.47 bits per heavy atom. The average molecular weight is 408 g/mol. The summed E-state index contributed by atoms with van der Waals surface area (Å²) in [4.78, 5) is 26.3. The monoisotopic (exact) mass is 408 g/mol. The first kappa shape index (κ1) is 21.7. The summed E-state index contributed by atoms with van der Waals surface area (Å²) >= 11 is 0. The van der Waals surface area contributed by atoms with E-state index in [0.29, 0.717) is 13.1 Å². The lowest BCUT2D eigenvalue weighted by Gasteiger charge is -2.24. The van der Waals surface area contributed by atoms with E-state index in [4.69, 9.17) is 9.47 Å². The molecule has 0 fully saturated rings. The molecule has 1 aliphatic heterocycles. The highest BCUT2D eigenvalue weighted by molar-refractivity contribution is 5.72. The van der Waals surface area contributed by atoms with Crippen LogP contribution in [0.2, 0.25) is 0 Å². The molecule has 0 saturated heterocycles. The molecule has 2 aromatic carbocycles. The number of nitrogens with one attached hydrogen (secondary N) is 1. The Kier molecular flexibility index (Phi) is 8.62. The Morgan fingerprint density at radius 1 is 0.867 bits per heavy atom. The molecule has 1 aliphatic rings. The van der Waals surface area contributed by atoms with E-state index >= 15 is 0 Å². The minimum atomic E-state index is -0.291. The number of carbonyl (C=O) groups is 2. The van der Waals surface area contributed by atoms with Gasteiger partial charge in [0.15, 0.2) is 0 Å². The van der Waals surface area contributed by atoms with E-state index < -0.39 is 0 Å². The SMILES string of the molecule is O=C(CN[C@H]1CC=CCN(CC(=O)OCc2ccccc2)C1)OCc1ccccc1. The van der Waals surface area contributed by atoms with Gasteiger partial charge in [-0.3, -0.25) is 14.5 Å². The molecule has 2 aromatic rings. The highest BCUT2D eigenvalue weighted by atomic mass is 16.5. The summed E-state index contributed by atoms with van der Waals surface area (Å²) in [6.45, 7) is 2.23. The van der Waals surface area contributed by atoms with Crippen molar-refractivity contribution >= 4 is 11.9 Å². The maximum absolute atomic E-state index is 12.2. The summed E-state index contributed by atoms with van der Waals surface area (Å²) in [5, 5.41) is 3.24. The number of rotatable bonds is 9. The first-order valence-electron chi connectivity index (χ1n) is 10.2. The van der Waals surface area contributed by atoms with Gasteiger partial charge < -0.3 is 14.8 Å². The van der Waals surface area contributed by atoms with Crippen molar-refractivity contribution in [1.82, 2.24) is 10.2 Å². The summed E-state index contributed by atoms with van der Waals surface area (Å²) in [6.07, 6.45) is 4.91. The molecule has 0 aromatic heterocycles. The Labute approximate surface area is 177 Å². The van der Waals surface area contributed by atoms with Gasteiger partial charge in [0.25, 0.3) is 0 Å². The smallest absolute Gasteiger partial charge is 0.320 e. The number of hydrogen-bond donors (Lipinski definition) is 1. The first-order valence-corrected chi connectivity index (χ1v) is 10.2. The van der Waals surface area contributed by atoms with Crippen LogP contribution in [-0.4, -0.2) is 49.1 Å². The van der Waals surface area contributed by atoms with Crippen LogP contribution in [0, 0.1) is 0 Å². The second kappa shape index (κ2) is 11.9. The minimum absolute atomic E-state index is 0.0648. The topological polar surface area (TPSA) is 67.9 Å². The van der Waals surface area contributed by atoms with E-state index in [1.54, 1.807) is 0 Å². The molecule has 158 valence electrons. The van der Waals surface area contributed by atoms with Gasteiger partial charge in [0.2, 0.25) is 0 Å². The van der Waals surface area contributed by atoms with Gasteiger partial charge in [-0.1, -0.05) is 72.8 Å². The van der Waals surface area contributed by atoms with Crippen molar-refractivity contribution in [3.63, 3.8) is 0 Å². The fourth-order valence-corrected chi connectivity index (χ4v) is 3.20. The van der Waals surface area contributed by atoms with Crippen molar-refractivity contribution in [2.24, 2.45) is 0 Å². The molecule has 6 heteroatoms. The highest BCUT2D eigenvalue weighted by Gasteiger charge is 2.19. The lowest BCUT2D eigenvalue weighted by Crippen LogP contribution is -2.44. The predicted molar refractivity (Wildman–Crippen MR) is 114 cm³/mol. The molecule has 6 nitrogen and oxygen atoms in total. The zero-order valence-corrected chi connectivity index (χ0v) is 17.0. The van der Waals surface area contributed by atoms with Crippen LogP contribution in [0.5, 0.6) is 0 Å². The van der Waals surface area contributed by atoms with E-state index in [9.17, 15) is 9.59 Å². The summed E-state index contributed by atoms with van der Waals surface area (Å²) in [6, 6.07) is 19.3. The van der Waals surface area contributed by atoms with Crippen molar-refractivity contribution in [3.8, 4) is 0 Å². The van der Waals surface area contributed by atoms with E-state index in [0.717, 1.165) is 17.5 Å². The quantitative estimate of drug-likeness (QED) is 0.508. The number of esters is 2. The third kappa shape index (κ3) is 7.81. The normalized spacial score (nSPS) is 16.6. The summed E-state index contributed by atoms with van der Waals surface area (Å²) < 4.78 is 10.7. The molecule has 3 rings (SSSR count). The van der Waals surface area contributed by atoms with Gasteiger partial charge in [-0.2, -0.15) is 0 Å². The maximum Gasteiger partial charge on any atom is 0.320 e. The van der Waals surface area contributed by atoms with Crippen LogP contribution in [0.25, 0.3) is 0 Å². The molecule has 0 unspecified atom stereocenters. The highest BCUT2D eigenvalue weighted by Crippen LogP contribution is 2.07. The minimum Gasteiger partial charge on any atom is -0.460 e. The van der Waals surface area contributed by atoms with Crippen molar-refractivity contribution in [2.75, 3.05) is 26.2 Å². The molecular weight excluding hydrogens is 380 g/mol. The van der Waals surface area contributed by atoms with Gasteiger partial charge in [-0.25, -0.2) is 0 Å². The summed E-state index contributed by atoms with van der Waals surface area (Å²) in [5.74, 6) is -0.545. The number of carbonyl (C=O) groups excluding carboxylic acids is 2. The van der Waals surface area contributed by atoms with Gasteiger partial charge in [0.1, 0.15) is 13.2 Å². The molecule has 0 bridgehead atoms. The zero-order chi connectivity index (χ0) is 21.0. The second-order valence-electron chi connectivity index (χ2n) is 7.27. The average Bonchev–Trinajstić information content (AvgIpc) is 3.01. The third-order valence-corrected chi connectivity index (χ3v) is 4.80. The number of hydrogen-bond acceptors (Lipinski definition) is 6. The van der Waals surface area contributed by atoms with Crippen LogP contribution in [0.1, 0.15) is 17.5 Å². The van der Waals surface area contributed by atoms with Gasteiger partial charge in [-0.05, 0) is 17.5 Å². The third-order valence-electron chi connectivity index (χ3n) is 4.80. The van der Waals surface area contributed by atoms with Gasteiger partial charge in [0, 0.05) is 19.1 Å². The molecule has 0 spiro atoms. The predicted octanol–water partition coefficient (Wildman–Crippen LogP) is 2.69. The lowest BCUT2D eigenvalue weighted by atomic mass is 10.2. The van der Waals surface area contributed by atoms with Crippen LogP contribution < -0.4 is 5.32 Å². The standard InChI is InChI=1S/C24H28N2O4/c27-23(29-18-20-9-3-1-4-10-20)15-25-22-13-7-8-14-26(16-22)17-24(28)30-19-21-11-5-2-6-12-21/h1-12,22,25H,13-19H2/t22-/m0/s1. The zero-order valence-electron chi connectivity index (χ0n) is 17.0. The van der Waals surface area contributed by atoms with Crippen molar-refractivity contribution in [3.05, 3.63) is 83.9 Å². The van der Waals surface area contributed by atoms with Crippen molar-refractivity contribution < 1.29 is 19.1 Å². The molecule has 0 radical (unpaired) electrons. The largest absolute Gasteiger partial charge is 0.460 e. The lowest BCUT2D eigenvalue weighted by molar-refractivity contribution is -0.146. The fraction of sp³-hybridized carbons (Fsp3) is 0.333. The molecule has 1 heterocycles. The molecule has 0 saturated carbocycles. The van der Waals surface area contributed by atoms with E-state index in [1.165, 1.54) is 0 Å². The summed E-state index contributed by atoms with van der Waals surface area (Å²) in [7, 11) is 0. The van der Waals surface area contributed by atoms with Crippen LogP contribution in [0.4, 0.5) is 0 Å². The molecule has 0 aliphatic carbocycles. The van der Waals surface area contributed by atoms with Crippen molar-refractivity contribution in [2.45, 2.75) is 25.7 Å². The molecule has 30 heavy (non-hydrogen) atoms. The second-order valence-corrected chi connectivity index (χ2v) is 7.27.